The fraction of sp³-hybridized carbons (Fsp3) is 0.800. The number of amidine groups is 1. The molecule has 166 valence electrons. The van der Waals surface area contributed by atoms with Crippen molar-refractivity contribution < 1.29 is 27.1 Å². The first-order valence-electron chi connectivity index (χ1n) is 8.90. The molecule has 2 atom stereocenters. The predicted octanol–water partition coefficient (Wildman–Crippen LogP) is 1.14. The van der Waals surface area contributed by atoms with Crippen LogP contribution in [-0.4, -0.2) is 77.2 Å². The van der Waals surface area contributed by atoms with Gasteiger partial charge in [-0.1, -0.05) is 5.10 Å². The Morgan fingerprint density at radius 1 is 1.38 bits per heavy atom. The number of amides is 1. The number of aromatic amines is 1. The Morgan fingerprint density at radius 3 is 2.59 bits per heavy atom. The number of carbonyl (C=O) groups is 1. The van der Waals surface area contributed by atoms with Crippen LogP contribution >= 0.6 is 0 Å². The minimum Gasteiger partial charge on any atom is -0.372 e. The third-order valence-corrected chi connectivity index (χ3v) is 4.08. The number of alkyl halides is 4. The number of aromatic nitrogens is 4. The Bertz CT molecular complexity index is 643. The summed E-state index contributed by atoms with van der Waals surface area (Å²) in [5, 5.41) is 24.7. The third-order valence-electron chi connectivity index (χ3n) is 4.08. The van der Waals surface area contributed by atoms with E-state index in [4.69, 9.17) is 10.1 Å². The molecule has 0 saturated carbocycles. The van der Waals surface area contributed by atoms with E-state index in [0.717, 1.165) is 4.90 Å². The molecule has 1 amide bonds. The summed E-state index contributed by atoms with van der Waals surface area (Å²) in [5.74, 6) is -1.01. The summed E-state index contributed by atoms with van der Waals surface area (Å²) >= 11 is 0. The van der Waals surface area contributed by atoms with Gasteiger partial charge in [-0.05, 0) is 43.5 Å². The second kappa shape index (κ2) is 11.0. The SMILES string of the molecule is CCOC(NC(C)(CCCCNC(=N)CF)C(=O)N(C)c1nnn[nH]1)C(F)(F)F. The Balaban J connectivity index is 2.93. The highest BCUT2D eigenvalue weighted by molar-refractivity contribution is 5.98. The van der Waals surface area contributed by atoms with Gasteiger partial charge in [0.2, 0.25) is 18.1 Å². The minimum atomic E-state index is -4.73. The average Bonchev–Trinajstić information content (AvgIpc) is 3.20. The first kappa shape index (κ1) is 24.7. The summed E-state index contributed by atoms with van der Waals surface area (Å²) in [7, 11) is 1.33. The second-order valence-corrected chi connectivity index (χ2v) is 6.44. The van der Waals surface area contributed by atoms with Crippen molar-refractivity contribution in [1.82, 2.24) is 31.3 Å². The number of halogens is 4. The van der Waals surface area contributed by atoms with Crippen molar-refractivity contribution in [3.8, 4) is 0 Å². The number of rotatable bonds is 12. The highest BCUT2D eigenvalue weighted by atomic mass is 19.4. The molecule has 0 aliphatic carbocycles. The molecule has 29 heavy (non-hydrogen) atoms. The van der Waals surface area contributed by atoms with E-state index >= 15 is 0 Å². The van der Waals surface area contributed by atoms with Gasteiger partial charge in [-0.3, -0.25) is 20.4 Å². The maximum Gasteiger partial charge on any atom is 0.428 e. The van der Waals surface area contributed by atoms with Crippen molar-refractivity contribution in [3.05, 3.63) is 0 Å². The fourth-order valence-electron chi connectivity index (χ4n) is 2.57. The number of nitrogens with one attached hydrogen (secondary N) is 4. The lowest BCUT2D eigenvalue weighted by molar-refractivity contribution is -0.234. The van der Waals surface area contributed by atoms with E-state index in [9.17, 15) is 22.4 Å². The van der Waals surface area contributed by atoms with Gasteiger partial charge >= 0.3 is 6.18 Å². The van der Waals surface area contributed by atoms with Gasteiger partial charge in [-0.15, -0.1) is 0 Å². The number of H-pyrrole nitrogens is 1. The molecule has 0 bridgehead atoms. The Hall–Kier alpha value is -2.35. The molecule has 0 fully saturated rings. The summed E-state index contributed by atoms with van der Waals surface area (Å²) in [6.45, 7) is 1.86. The van der Waals surface area contributed by atoms with Gasteiger partial charge in [0.15, 0.2) is 0 Å². The Kier molecular flexibility index (Phi) is 9.36. The Labute approximate surface area is 165 Å². The van der Waals surface area contributed by atoms with E-state index in [-0.39, 0.29) is 31.4 Å². The van der Waals surface area contributed by atoms with Crippen LogP contribution < -0.4 is 15.5 Å². The van der Waals surface area contributed by atoms with Gasteiger partial charge in [-0.2, -0.15) is 13.2 Å². The van der Waals surface area contributed by atoms with Crippen LogP contribution in [-0.2, 0) is 9.53 Å². The summed E-state index contributed by atoms with van der Waals surface area (Å²) in [6, 6.07) is 0. The molecular formula is C15H26F4N8O2. The van der Waals surface area contributed by atoms with Gasteiger partial charge in [0.25, 0.3) is 0 Å². The minimum absolute atomic E-state index is 0.0159. The molecule has 1 heterocycles. The maximum atomic E-state index is 13.3. The van der Waals surface area contributed by atoms with Crippen LogP contribution in [0.2, 0.25) is 0 Å². The largest absolute Gasteiger partial charge is 0.428 e. The van der Waals surface area contributed by atoms with Crippen molar-refractivity contribution in [2.75, 3.05) is 31.8 Å². The number of hydrogen-bond donors (Lipinski definition) is 4. The molecule has 2 unspecified atom stereocenters. The van der Waals surface area contributed by atoms with Crippen LogP contribution in [0.3, 0.4) is 0 Å². The quantitative estimate of drug-likeness (QED) is 0.130. The van der Waals surface area contributed by atoms with Crippen LogP contribution in [0.1, 0.15) is 33.1 Å². The molecule has 0 aliphatic heterocycles. The smallest absolute Gasteiger partial charge is 0.372 e. The molecule has 1 aromatic rings. The predicted molar refractivity (Wildman–Crippen MR) is 96.2 cm³/mol. The fourth-order valence-corrected chi connectivity index (χ4v) is 2.57. The number of nitrogens with zero attached hydrogens (tertiary/aromatic N) is 4. The number of carbonyl (C=O) groups excluding carboxylic acids is 1. The average molecular weight is 426 g/mol. The standard InChI is InChI=1S/C15H26F4N8O2/c1-4-29-11(15(17,18)19)22-14(2,7-5-6-8-21-10(20)9-16)12(28)27(3)13-23-25-26-24-13/h11,22H,4-9H2,1-3H3,(H2,20,21)(H,23,24,25,26). The highest BCUT2D eigenvalue weighted by Crippen LogP contribution is 2.26. The van der Waals surface area contributed by atoms with E-state index in [1.807, 2.05) is 0 Å². The lowest BCUT2D eigenvalue weighted by Gasteiger charge is -2.36. The van der Waals surface area contributed by atoms with E-state index in [0.29, 0.717) is 12.8 Å². The second-order valence-electron chi connectivity index (χ2n) is 6.44. The van der Waals surface area contributed by atoms with Gasteiger partial charge in [0.1, 0.15) is 12.5 Å². The van der Waals surface area contributed by atoms with Crippen LogP contribution in [0.5, 0.6) is 0 Å². The summed E-state index contributed by atoms with van der Waals surface area (Å²) in [4.78, 5) is 14.0. The first-order valence-corrected chi connectivity index (χ1v) is 8.90. The number of tetrazole rings is 1. The van der Waals surface area contributed by atoms with Gasteiger partial charge < -0.3 is 10.1 Å². The third kappa shape index (κ3) is 7.53. The lowest BCUT2D eigenvalue weighted by atomic mass is 9.92. The topological polar surface area (TPSA) is 132 Å². The highest BCUT2D eigenvalue weighted by Gasteiger charge is 2.47. The maximum absolute atomic E-state index is 13.3. The molecule has 1 rings (SSSR count). The number of ether oxygens (including phenoxy) is 1. The summed E-state index contributed by atoms with van der Waals surface area (Å²) in [5.41, 5.74) is -1.66. The van der Waals surface area contributed by atoms with Crippen LogP contribution in [0.15, 0.2) is 0 Å². The molecule has 0 aromatic carbocycles. The number of likely N-dealkylation sites (N-methyl/N-ethyl adjacent to an activating group) is 1. The van der Waals surface area contributed by atoms with Crippen molar-refractivity contribution in [1.29, 1.82) is 5.41 Å². The van der Waals surface area contributed by atoms with Gasteiger partial charge in [-0.25, -0.2) is 9.49 Å². The van der Waals surface area contributed by atoms with Gasteiger partial charge in [0.05, 0.1) is 5.54 Å². The zero-order valence-corrected chi connectivity index (χ0v) is 16.4. The van der Waals surface area contributed by atoms with Gasteiger partial charge in [0, 0.05) is 20.2 Å². The van der Waals surface area contributed by atoms with E-state index in [2.05, 4.69) is 31.3 Å². The zero-order valence-electron chi connectivity index (χ0n) is 16.4. The van der Waals surface area contributed by atoms with E-state index < -0.39 is 30.5 Å². The molecule has 10 nitrogen and oxygen atoms in total. The summed E-state index contributed by atoms with van der Waals surface area (Å²) in [6.07, 6.45) is -6.34. The van der Waals surface area contributed by atoms with Crippen molar-refractivity contribution in [2.45, 2.75) is 51.1 Å². The lowest BCUT2D eigenvalue weighted by Crippen LogP contribution is -2.62. The normalized spacial score (nSPS) is 14.9. The van der Waals surface area contributed by atoms with Crippen molar-refractivity contribution >= 4 is 17.7 Å². The number of anilines is 1. The van der Waals surface area contributed by atoms with Crippen molar-refractivity contribution in [3.63, 3.8) is 0 Å². The number of unbranched alkanes of at least 4 members (excludes halogenated alkanes) is 1. The number of hydrogen-bond acceptors (Lipinski definition) is 7. The van der Waals surface area contributed by atoms with E-state index in [1.54, 1.807) is 0 Å². The monoisotopic (exact) mass is 426 g/mol. The molecule has 0 aliphatic rings. The molecule has 0 spiro atoms. The zero-order chi connectivity index (χ0) is 22.1. The molecule has 14 heteroatoms. The molecular weight excluding hydrogens is 400 g/mol. The van der Waals surface area contributed by atoms with Crippen LogP contribution in [0.4, 0.5) is 23.5 Å². The summed E-state index contributed by atoms with van der Waals surface area (Å²) < 4.78 is 57.0. The van der Waals surface area contributed by atoms with Crippen LogP contribution in [0, 0.1) is 5.41 Å². The van der Waals surface area contributed by atoms with E-state index in [1.165, 1.54) is 20.9 Å². The molecule has 1 aromatic heterocycles. The molecule has 0 radical (unpaired) electrons. The van der Waals surface area contributed by atoms with Crippen LogP contribution in [0.25, 0.3) is 0 Å². The molecule has 0 saturated heterocycles. The first-order chi connectivity index (χ1) is 13.5. The molecule has 4 N–H and O–H groups in total. The van der Waals surface area contributed by atoms with Crippen molar-refractivity contribution in [2.24, 2.45) is 0 Å². The Morgan fingerprint density at radius 2 is 2.07 bits per heavy atom.